The highest BCUT2D eigenvalue weighted by Crippen LogP contribution is 2.29. The number of carbonyl (C=O) groups is 2. The average Bonchev–Trinajstić information content (AvgIpc) is 3.08. The lowest BCUT2D eigenvalue weighted by atomic mass is 10.1. The summed E-state index contributed by atoms with van der Waals surface area (Å²) in [4.78, 5) is 26.0. The van der Waals surface area contributed by atoms with Gasteiger partial charge in [0.2, 0.25) is 5.91 Å². The third-order valence-electron chi connectivity index (χ3n) is 4.74. The number of amides is 3. The topological polar surface area (TPSA) is 74.6 Å². The van der Waals surface area contributed by atoms with E-state index in [1.165, 1.54) is 0 Å². The van der Waals surface area contributed by atoms with Crippen LogP contribution in [0, 0.1) is 6.92 Å². The Hall–Kier alpha value is -2.50. The molecule has 2 aromatic rings. The number of carbonyl (C=O) groups excluding carboxylic acids is 2. The molecule has 1 saturated heterocycles. The molecule has 6 heteroatoms. The molecule has 1 aliphatic rings. The summed E-state index contributed by atoms with van der Waals surface area (Å²) in [5, 5.41) is 6.86. The first kappa shape index (κ1) is 17.3. The van der Waals surface area contributed by atoms with E-state index in [0.29, 0.717) is 13.0 Å². The molecular weight excluding hydrogens is 318 g/mol. The number of para-hydroxylation sites is 1. The van der Waals surface area contributed by atoms with Gasteiger partial charge in [0.15, 0.2) is 0 Å². The molecular formula is C19H25N3O3. The number of aryl methyl sites for hydroxylation is 1. The van der Waals surface area contributed by atoms with Gasteiger partial charge in [-0.1, -0.05) is 18.2 Å². The number of likely N-dealkylation sites (tertiary alicyclic amines) is 1. The van der Waals surface area contributed by atoms with Crippen LogP contribution in [0.1, 0.15) is 44.6 Å². The number of nitrogens with one attached hydrogen (secondary N) is 2. The fourth-order valence-electron chi connectivity index (χ4n) is 3.42. The van der Waals surface area contributed by atoms with Crippen LogP contribution < -0.4 is 10.6 Å². The zero-order chi connectivity index (χ0) is 18.1. The van der Waals surface area contributed by atoms with Crippen molar-refractivity contribution in [2.24, 2.45) is 0 Å². The second kappa shape index (κ2) is 6.78. The lowest BCUT2D eigenvalue weighted by Crippen LogP contribution is -2.44. The number of nitrogens with zero attached hydrogens (tertiary/aromatic N) is 1. The zero-order valence-electron chi connectivity index (χ0n) is 15.1. The van der Waals surface area contributed by atoms with Crippen molar-refractivity contribution >= 4 is 22.9 Å². The Bertz CT molecular complexity index is 796. The van der Waals surface area contributed by atoms with Gasteiger partial charge >= 0.3 is 6.03 Å². The molecule has 1 aliphatic heterocycles. The van der Waals surface area contributed by atoms with Crippen molar-refractivity contribution in [3.05, 3.63) is 35.6 Å². The number of rotatable bonds is 4. The van der Waals surface area contributed by atoms with Crippen LogP contribution >= 0.6 is 0 Å². The lowest BCUT2D eigenvalue weighted by molar-refractivity contribution is -0.129. The zero-order valence-corrected chi connectivity index (χ0v) is 15.1. The van der Waals surface area contributed by atoms with Crippen molar-refractivity contribution < 1.29 is 14.0 Å². The Morgan fingerprint density at radius 1 is 1.28 bits per heavy atom. The van der Waals surface area contributed by atoms with Crippen LogP contribution in [0.25, 0.3) is 11.0 Å². The van der Waals surface area contributed by atoms with Gasteiger partial charge in [-0.25, -0.2) is 4.79 Å². The summed E-state index contributed by atoms with van der Waals surface area (Å²) in [5.41, 5.74) is 1.85. The Balaban J connectivity index is 1.63. The molecule has 1 fully saturated rings. The summed E-state index contributed by atoms with van der Waals surface area (Å²) >= 11 is 0. The van der Waals surface area contributed by atoms with Gasteiger partial charge in [-0.05, 0) is 33.8 Å². The van der Waals surface area contributed by atoms with Crippen LogP contribution in [0.3, 0.4) is 0 Å². The van der Waals surface area contributed by atoms with Crippen LogP contribution in [-0.2, 0) is 4.79 Å². The van der Waals surface area contributed by atoms with Gasteiger partial charge in [0.05, 0.1) is 12.1 Å². The number of furan rings is 1. The van der Waals surface area contributed by atoms with Crippen LogP contribution in [0.2, 0.25) is 0 Å². The molecule has 0 radical (unpaired) electrons. The summed E-state index contributed by atoms with van der Waals surface area (Å²) in [5.74, 6) is 0.837. The first-order chi connectivity index (χ1) is 11.9. The minimum absolute atomic E-state index is 0.0847. The Morgan fingerprint density at radius 2 is 2.00 bits per heavy atom. The lowest BCUT2D eigenvalue weighted by Gasteiger charge is -2.21. The van der Waals surface area contributed by atoms with Gasteiger partial charge in [-0.15, -0.1) is 0 Å². The van der Waals surface area contributed by atoms with Gasteiger partial charge in [-0.2, -0.15) is 0 Å². The van der Waals surface area contributed by atoms with E-state index in [1.807, 2.05) is 52.0 Å². The molecule has 0 bridgehead atoms. The standard InChI is InChI=1S/C19H25N3O3/c1-11(2)22-10-14(9-17(22)23)21-19(24)20-13(4)18-12(3)15-7-5-6-8-16(15)25-18/h5-8,11,13-14H,9-10H2,1-4H3,(H2,20,21,24). The maximum Gasteiger partial charge on any atom is 0.315 e. The molecule has 2 N–H and O–H groups in total. The van der Waals surface area contributed by atoms with Gasteiger partial charge in [0.25, 0.3) is 0 Å². The highest BCUT2D eigenvalue weighted by atomic mass is 16.3. The van der Waals surface area contributed by atoms with E-state index in [-0.39, 0.29) is 30.1 Å². The summed E-state index contributed by atoms with van der Waals surface area (Å²) in [6.45, 7) is 8.40. The highest BCUT2D eigenvalue weighted by Gasteiger charge is 2.32. The molecule has 1 aromatic carbocycles. The molecule has 6 nitrogen and oxygen atoms in total. The maximum atomic E-state index is 12.3. The molecule has 0 spiro atoms. The minimum Gasteiger partial charge on any atom is -0.459 e. The number of fused-ring (bicyclic) bond motifs is 1. The van der Waals surface area contributed by atoms with Crippen LogP contribution in [0.4, 0.5) is 4.79 Å². The summed E-state index contributed by atoms with van der Waals surface area (Å²) in [6.07, 6.45) is 0.351. The molecule has 2 atom stereocenters. The number of hydrogen-bond donors (Lipinski definition) is 2. The number of hydrogen-bond acceptors (Lipinski definition) is 3. The van der Waals surface area contributed by atoms with Crippen molar-refractivity contribution in [1.29, 1.82) is 0 Å². The first-order valence-electron chi connectivity index (χ1n) is 8.71. The van der Waals surface area contributed by atoms with E-state index in [0.717, 1.165) is 22.3 Å². The molecule has 134 valence electrons. The molecule has 0 saturated carbocycles. The fraction of sp³-hybridized carbons (Fsp3) is 0.474. The number of benzene rings is 1. The van der Waals surface area contributed by atoms with Crippen molar-refractivity contribution in [3.63, 3.8) is 0 Å². The van der Waals surface area contributed by atoms with Crippen molar-refractivity contribution in [3.8, 4) is 0 Å². The Kier molecular flexibility index (Phi) is 4.70. The molecule has 2 heterocycles. The van der Waals surface area contributed by atoms with Crippen molar-refractivity contribution in [2.45, 2.75) is 52.2 Å². The van der Waals surface area contributed by atoms with E-state index in [9.17, 15) is 9.59 Å². The second-order valence-corrected chi connectivity index (χ2v) is 6.97. The Labute approximate surface area is 147 Å². The van der Waals surface area contributed by atoms with Crippen LogP contribution in [0.15, 0.2) is 28.7 Å². The predicted octanol–water partition coefficient (Wildman–Crippen LogP) is 3.11. The van der Waals surface area contributed by atoms with E-state index in [4.69, 9.17) is 4.42 Å². The third kappa shape index (κ3) is 3.48. The molecule has 3 amide bonds. The molecule has 0 aliphatic carbocycles. The van der Waals surface area contributed by atoms with Crippen LogP contribution in [-0.4, -0.2) is 35.5 Å². The van der Waals surface area contributed by atoms with Crippen molar-refractivity contribution in [2.75, 3.05) is 6.54 Å². The Morgan fingerprint density at radius 3 is 2.64 bits per heavy atom. The average molecular weight is 343 g/mol. The third-order valence-corrected chi connectivity index (χ3v) is 4.74. The smallest absolute Gasteiger partial charge is 0.315 e. The number of urea groups is 1. The quantitative estimate of drug-likeness (QED) is 0.896. The largest absolute Gasteiger partial charge is 0.459 e. The monoisotopic (exact) mass is 343 g/mol. The molecule has 2 unspecified atom stereocenters. The van der Waals surface area contributed by atoms with E-state index >= 15 is 0 Å². The predicted molar refractivity (Wildman–Crippen MR) is 96.3 cm³/mol. The van der Waals surface area contributed by atoms with E-state index in [2.05, 4.69) is 10.6 Å². The summed E-state index contributed by atoms with van der Waals surface area (Å²) in [6, 6.07) is 7.28. The molecule has 25 heavy (non-hydrogen) atoms. The first-order valence-corrected chi connectivity index (χ1v) is 8.71. The van der Waals surface area contributed by atoms with Gasteiger partial charge in [0.1, 0.15) is 11.3 Å². The van der Waals surface area contributed by atoms with Crippen molar-refractivity contribution in [1.82, 2.24) is 15.5 Å². The minimum atomic E-state index is -0.282. The van der Waals surface area contributed by atoms with E-state index < -0.39 is 0 Å². The second-order valence-electron chi connectivity index (χ2n) is 6.97. The molecule has 1 aromatic heterocycles. The molecule has 3 rings (SSSR count). The van der Waals surface area contributed by atoms with E-state index in [1.54, 1.807) is 4.90 Å². The van der Waals surface area contributed by atoms with Gasteiger partial charge < -0.3 is 20.0 Å². The maximum absolute atomic E-state index is 12.3. The normalized spacial score (nSPS) is 18.8. The van der Waals surface area contributed by atoms with Crippen LogP contribution in [0.5, 0.6) is 0 Å². The SMILES string of the molecule is Cc1c(C(C)NC(=O)NC2CC(=O)N(C(C)C)C2)oc2ccccc12. The fourth-order valence-corrected chi connectivity index (χ4v) is 3.42. The summed E-state index contributed by atoms with van der Waals surface area (Å²) in [7, 11) is 0. The summed E-state index contributed by atoms with van der Waals surface area (Å²) < 4.78 is 5.89. The van der Waals surface area contributed by atoms with Gasteiger partial charge in [-0.3, -0.25) is 4.79 Å². The highest BCUT2D eigenvalue weighted by molar-refractivity contribution is 5.83. The van der Waals surface area contributed by atoms with Gasteiger partial charge in [0, 0.05) is 30.0 Å².